The summed E-state index contributed by atoms with van der Waals surface area (Å²) in [5.41, 5.74) is 0.497. The van der Waals surface area contributed by atoms with Crippen LogP contribution in [0.1, 0.15) is 18.1 Å². The number of carbonyl (C=O) groups is 1. The molecule has 0 saturated carbocycles. The number of methoxy groups -OCH3 is 3. The van der Waals surface area contributed by atoms with E-state index < -0.39 is 12.1 Å². The first-order chi connectivity index (χ1) is 8.13. The van der Waals surface area contributed by atoms with Crippen LogP contribution in [0, 0.1) is 0 Å². The Bertz CT molecular complexity index is 388. The maximum Gasteiger partial charge on any atom is 0.308 e. The molecule has 0 heterocycles. The summed E-state index contributed by atoms with van der Waals surface area (Å²) in [6.45, 7) is 0. The van der Waals surface area contributed by atoms with Crippen LogP contribution >= 0.6 is 0 Å². The van der Waals surface area contributed by atoms with Crippen LogP contribution in [0.15, 0.2) is 18.2 Å². The minimum absolute atomic E-state index is 0.125. The molecule has 0 aliphatic rings. The molecule has 1 rings (SSSR count). The SMILES string of the molecule is COC(=O)C[C@@H](O)c1cccc(OC)c1OC. The van der Waals surface area contributed by atoms with Crippen LogP contribution in [0.25, 0.3) is 0 Å². The van der Waals surface area contributed by atoms with Crippen molar-refractivity contribution in [1.82, 2.24) is 0 Å². The Morgan fingerprint density at radius 1 is 1.29 bits per heavy atom. The first-order valence-corrected chi connectivity index (χ1v) is 5.09. The summed E-state index contributed by atoms with van der Waals surface area (Å²) in [4.78, 5) is 11.1. The standard InChI is InChI=1S/C12H16O5/c1-15-10-6-4-5-8(12(10)17-3)9(13)7-11(14)16-2/h4-6,9,13H,7H2,1-3H3/t9-/m1/s1. The summed E-state index contributed by atoms with van der Waals surface area (Å²) in [5.74, 6) is 0.447. The van der Waals surface area contributed by atoms with Gasteiger partial charge in [0.2, 0.25) is 0 Å². The molecular formula is C12H16O5. The van der Waals surface area contributed by atoms with E-state index in [-0.39, 0.29) is 6.42 Å². The fourth-order valence-corrected chi connectivity index (χ4v) is 1.53. The Morgan fingerprint density at radius 3 is 2.53 bits per heavy atom. The number of ether oxygens (including phenoxy) is 3. The van der Waals surface area contributed by atoms with Crippen LogP contribution in [-0.2, 0) is 9.53 Å². The average molecular weight is 240 g/mol. The van der Waals surface area contributed by atoms with E-state index >= 15 is 0 Å². The second-order valence-electron chi connectivity index (χ2n) is 3.38. The van der Waals surface area contributed by atoms with Gasteiger partial charge in [0.25, 0.3) is 0 Å². The molecule has 1 aromatic rings. The molecule has 0 aliphatic heterocycles. The van der Waals surface area contributed by atoms with Crippen molar-refractivity contribution in [3.05, 3.63) is 23.8 Å². The molecule has 5 nitrogen and oxygen atoms in total. The smallest absolute Gasteiger partial charge is 0.308 e. The first kappa shape index (κ1) is 13.3. The Hall–Kier alpha value is -1.75. The third-order valence-corrected chi connectivity index (χ3v) is 2.38. The molecule has 5 heteroatoms. The van der Waals surface area contributed by atoms with Crippen molar-refractivity contribution >= 4 is 5.97 Å². The number of aliphatic hydroxyl groups is 1. The third kappa shape index (κ3) is 3.10. The van der Waals surface area contributed by atoms with Gasteiger partial charge < -0.3 is 19.3 Å². The number of aliphatic hydroxyl groups excluding tert-OH is 1. The van der Waals surface area contributed by atoms with E-state index in [9.17, 15) is 9.90 Å². The van der Waals surface area contributed by atoms with Gasteiger partial charge in [0.05, 0.1) is 33.9 Å². The molecule has 0 bridgehead atoms. The number of carbonyl (C=O) groups excluding carboxylic acids is 1. The molecule has 0 saturated heterocycles. The van der Waals surface area contributed by atoms with E-state index in [1.54, 1.807) is 18.2 Å². The van der Waals surface area contributed by atoms with Gasteiger partial charge in [0.15, 0.2) is 11.5 Å². The highest BCUT2D eigenvalue weighted by Crippen LogP contribution is 2.35. The molecule has 0 amide bonds. The van der Waals surface area contributed by atoms with Gasteiger partial charge in [-0.15, -0.1) is 0 Å². The van der Waals surface area contributed by atoms with Crippen molar-refractivity contribution in [2.24, 2.45) is 0 Å². The largest absolute Gasteiger partial charge is 0.493 e. The van der Waals surface area contributed by atoms with Gasteiger partial charge >= 0.3 is 5.97 Å². The maximum atomic E-state index is 11.1. The van der Waals surface area contributed by atoms with E-state index in [1.807, 2.05) is 0 Å². The quantitative estimate of drug-likeness (QED) is 0.786. The Morgan fingerprint density at radius 2 is 2.00 bits per heavy atom. The van der Waals surface area contributed by atoms with Crippen LogP contribution in [-0.4, -0.2) is 32.4 Å². The molecule has 0 radical (unpaired) electrons. The van der Waals surface area contributed by atoms with Gasteiger partial charge in [-0.1, -0.05) is 12.1 Å². The summed E-state index contributed by atoms with van der Waals surface area (Å²) in [7, 11) is 4.26. The molecule has 0 unspecified atom stereocenters. The fraction of sp³-hybridized carbons (Fsp3) is 0.417. The second kappa shape index (κ2) is 6.10. The molecule has 94 valence electrons. The van der Waals surface area contributed by atoms with E-state index in [0.717, 1.165) is 0 Å². The topological polar surface area (TPSA) is 65.0 Å². The van der Waals surface area contributed by atoms with Gasteiger partial charge in [-0.25, -0.2) is 0 Å². The number of esters is 1. The van der Waals surface area contributed by atoms with Gasteiger partial charge in [-0.2, -0.15) is 0 Å². The Labute approximate surface area is 99.9 Å². The number of benzene rings is 1. The number of rotatable bonds is 5. The van der Waals surface area contributed by atoms with Crippen molar-refractivity contribution < 1.29 is 24.1 Å². The van der Waals surface area contributed by atoms with Crippen LogP contribution in [0.5, 0.6) is 11.5 Å². The zero-order chi connectivity index (χ0) is 12.8. The zero-order valence-corrected chi connectivity index (χ0v) is 10.1. The molecule has 0 fully saturated rings. The zero-order valence-electron chi connectivity index (χ0n) is 10.1. The number of hydrogen-bond acceptors (Lipinski definition) is 5. The normalized spacial score (nSPS) is 11.8. The Kier molecular flexibility index (Phi) is 4.78. The van der Waals surface area contributed by atoms with Crippen LogP contribution < -0.4 is 9.47 Å². The van der Waals surface area contributed by atoms with Crippen molar-refractivity contribution in [1.29, 1.82) is 0 Å². The lowest BCUT2D eigenvalue weighted by molar-refractivity contribution is -0.142. The molecular weight excluding hydrogens is 224 g/mol. The minimum atomic E-state index is -0.979. The molecule has 1 aromatic carbocycles. The Balaban J connectivity index is 3.00. The van der Waals surface area contributed by atoms with Crippen molar-refractivity contribution in [2.45, 2.75) is 12.5 Å². The highest BCUT2D eigenvalue weighted by Gasteiger charge is 2.19. The van der Waals surface area contributed by atoms with Crippen molar-refractivity contribution in [2.75, 3.05) is 21.3 Å². The fourth-order valence-electron chi connectivity index (χ4n) is 1.53. The summed E-state index contributed by atoms with van der Waals surface area (Å²) >= 11 is 0. The summed E-state index contributed by atoms with van der Waals surface area (Å²) in [6.07, 6.45) is -1.10. The van der Waals surface area contributed by atoms with Crippen molar-refractivity contribution in [3.63, 3.8) is 0 Å². The first-order valence-electron chi connectivity index (χ1n) is 5.09. The number of hydrogen-bond donors (Lipinski definition) is 1. The van der Waals surface area contributed by atoms with Gasteiger partial charge in [-0.3, -0.25) is 4.79 Å². The predicted molar refractivity (Wildman–Crippen MR) is 61.1 cm³/mol. The lowest BCUT2D eigenvalue weighted by Crippen LogP contribution is -2.09. The molecule has 0 aromatic heterocycles. The minimum Gasteiger partial charge on any atom is -0.493 e. The molecule has 17 heavy (non-hydrogen) atoms. The molecule has 0 spiro atoms. The van der Waals surface area contributed by atoms with Crippen LogP contribution in [0.3, 0.4) is 0 Å². The third-order valence-electron chi connectivity index (χ3n) is 2.38. The summed E-state index contributed by atoms with van der Waals surface area (Å²) in [6, 6.07) is 5.11. The van der Waals surface area contributed by atoms with E-state index in [1.165, 1.54) is 21.3 Å². The van der Waals surface area contributed by atoms with Crippen LogP contribution in [0.4, 0.5) is 0 Å². The van der Waals surface area contributed by atoms with E-state index in [0.29, 0.717) is 17.1 Å². The maximum absolute atomic E-state index is 11.1. The van der Waals surface area contributed by atoms with E-state index in [2.05, 4.69) is 4.74 Å². The molecule has 0 aliphatic carbocycles. The highest BCUT2D eigenvalue weighted by molar-refractivity contribution is 5.70. The lowest BCUT2D eigenvalue weighted by atomic mass is 10.0. The second-order valence-corrected chi connectivity index (χ2v) is 3.38. The summed E-state index contributed by atoms with van der Waals surface area (Å²) < 4.78 is 14.8. The predicted octanol–water partition coefficient (Wildman–Crippen LogP) is 1.30. The monoisotopic (exact) mass is 240 g/mol. The number of para-hydroxylation sites is 1. The van der Waals surface area contributed by atoms with Crippen LogP contribution in [0.2, 0.25) is 0 Å². The van der Waals surface area contributed by atoms with Gasteiger partial charge in [0, 0.05) is 5.56 Å². The van der Waals surface area contributed by atoms with E-state index in [4.69, 9.17) is 9.47 Å². The van der Waals surface area contributed by atoms with Crippen molar-refractivity contribution in [3.8, 4) is 11.5 Å². The van der Waals surface area contributed by atoms with Gasteiger partial charge in [0.1, 0.15) is 0 Å². The summed E-state index contributed by atoms with van der Waals surface area (Å²) in [5, 5.41) is 9.92. The highest BCUT2D eigenvalue weighted by atomic mass is 16.5. The van der Waals surface area contributed by atoms with Gasteiger partial charge in [-0.05, 0) is 6.07 Å². The molecule has 1 N–H and O–H groups in total. The average Bonchev–Trinajstić information content (AvgIpc) is 2.37. The lowest BCUT2D eigenvalue weighted by Gasteiger charge is -2.16. The molecule has 1 atom stereocenters.